The number of piperazine rings is 1. The van der Waals surface area contributed by atoms with Gasteiger partial charge in [-0.2, -0.15) is 0 Å². The van der Waals surface area contributed by atoms with E-state index >= 15 is 0 Å². The van der Waals surface area contributed by atoms with Crippen LogP contribution in [0.15, 0.2) is 22.9 Å². The standard InChI is InChI=1S/C19H28BrN5/c1-2-23-7-9-25(10-8-23)17-3-5-24(6-4-17)14-15-12-21-19-18(15)11-16(20)13-22-19/h11-13,17H,2-10,14H2,1H3,(H,21,22). The average molecular weight is 406 g/mol. The van der Waals surface area contributed by atoms with E-state index in [1.54, 1.807) is 0 Å². The van der Waals surface area contributed by atoms with Crippen LogP contribution >= 0.6 is 15.9 Å². The van der Waals surface area contributed by atoms with Gasteiger partial charge in [0.05, 0.1) is 0 Å². The summed E-state index contributed by atoms with van der Waals surface area (Å²) in [4.78, 5) is 15.6. The monoisotopic (exact) mass is 405 g/mol. The molecule has 2 aromatic heterocycles. The molecule has 0 radical (unpaired) electrons. The molecule has 0 amide bonds. The number of hydrogen-bond acceptors (Lipinski definition) is 4. The van der Waals surface area contributed by atoms with E-state index < -0.39 is 0 Å². The highest BCUT2D eigenvalue weighted by molar-refractivity contribution is 9.10. The maximum atomic E-state index is 4.45. The largest absolute Gasteiger partial charge is 0.346 e. The number of halogens is 1. The van der Waals surface area contributed by atoms with Gasteiger partial charge in [-0.25, -0.2) is 4.98 Å². The van der Waals surface area contributed by atoms with Crippen LogP contribution in [0, 0.1) is 0 Å². The van der Waals surface area contributed by atoms with Crippen molar-refractivity contribution < 1.29 is 0 Å². The zero-order valence-electron chi connectivity index (χ0n) is 15.0. The van der Waals surface area contributed by atoms with Gasteiger partial charge in [0, 0.05) is 61.0 Å². The van der Waals surface area contributed by atoms with Crippen LogP contribution < -0.4 is 0 Å². The minimum atomic E-state index is 0.786. The van der Waals surface area contributed by atoms with Gasteiger partial charge in [0.1, 0.15) is 5.65 Å². The lowest BCUT2D eigenvalue weighted by Gasteiger charge is -2.42. The van der Waals surface area contributed by atoms with E-state index in [0.29, 0.717) is 0 Å². The van der Waals surface area contributed by atoms with Crippen molar-refractivity contribution in [2.45, 2.75) is 32.4 Å². The lowest BCUT2D eigenvalue weighted by Crippen LogP contribution is -2.52. The normalized spacial score (nSPS) is 22.0. The van der Waals surface area contributed by atoms with Crippen LogP contribution in [0.25, 0.3) is 11.0 Å². The zero-order valence-corrected chi connectivity index (χ0v) is 16.6. The molecule has 0 atom stereocenters. The topological polar surface area (TPSA) is 38.4 Å². The fraction of sp³-hybridized carbons (Fsp3) is 0.632. The smallest absolute Gasteiger partial charge is 0.137 e. The first-order valence-corrected chi connectivity index (χ1v) is 10.3. The molecular formula is C19H28BrN5. The second kappa shape index (κ2) is 7.74. The van der Waals surface area contributed by atoms with Crippen molar-refractivity contribution >= 4 is 27.0 Å². The Morgan fingerprint density at radius 3 is 2.60 bits per heavy atom. The number of pyridine rings is 1. The van der Waals surface area contributed by atoms with Crippen molar-refractivity contribution in [1.29, 1.82) is 0 Å². The average Bonchev–Trinajstić information content (AvgIpc) is 3.04. The quantitative estimate of drug-likeness (QED) is 0.848. The summed E-state index contributed by atoms with van der Waals surface area (Å²) in [5.74, 6) is 0. The molecule has 136 valence electrons. The van der Waals surface area contributed by atoms with Crippen LogP contribution in [-0.2, 0) is 6.54 Å². The van der Waals surface area contributed by atoms with Crippen molar-refractivity contribution in [2.24, 2.45) is 0 Å². The number of likely N-dealkylation sites (tertiary alicyclic amines) is 1. The van der Waals surface area contributed by atoms with Crippen LogP contribution in [0.3, 0.4) is 0 Å². The summed E-state index contributed by atoms with van der Waals surface area (Å²) in [6.07, 6.45) is 6.58. The van der Waals surface area contributed by atoms with Gasteiger partial charge in [-0.15, -0.1) is 0 Å². The third-order valence-electron chi connectivity index (χ3n) is 5.90. The number of fused-ring (bicyclic) bond motifs is 1. The number of H-pyrrole nitrogens is 1. The maximum Gasteiger partial charge on any atom is 0.137 e. The summed E-state index contributed by atoms with van der Waals surface area (Å²) in [5.41, 5.74) is 2.35. The van der Waals surface area contributed by atoms with Crippen LogP contribution in [0.4, 0.5) is 0 Å². The summed E-state index contributed by atoms with van der Waals surface area (Å²) >= 11 is 3.54. The van der Waals surface area contributed by atoms with Crippen molar-refractivity contribution in [2.75, 3.05) is 45.8 Å². The molecule has 2 aliphatic heterocycles. The first-order chi connectivity index (χ1) is 12.2. The van der Waals surface area contributed by atoms with Crippen LogP contribution in [0.5, 0.6) is 0 Å². The number of aromatic nitrogens is 2. The van der Waals surface area contributed by atoms with Crippen LogP contribution in [0.1, 0.15) is 25.3 Å². The van der Waals surface area contributed by atoms with E-state index in [0.717, 1.165) is 22.7 Å². The van der Waals surface area contributed by atoms with E-state index in [2.05, 4.69) is 59.8 Å². The van der Waals surface area contributed by atoms with Gasteiger partial charge in [-0.1, -0.05) is 6.92 Å². The number of piperidine rings is 1. The van der Waals surface area contributed by atoms with E-state index in [4.69, 9.17) is 0 Å². The second-order valence-corrected chi connectivity index (χ2v) is 8.26. The Hall–Kier alpha value is -0.950. The molecule has 2 saturated heterocycles. The molecule has 6 heteroatoms. The van der Waals surface area contributed by atoms with E-state index in [1.807, 2.05) is 6.20 Å². The van der Waals surface area contributed by atoms with Crippen molar-refractivity contribution in [3.63, 3.8) is 0 Å². The first kappa shape index (κ1) is 17.5. The molecule has 0 saturated carbocycles. The number of rotatable bonds is 4. The Labute approximate surface area is 158 Å². The summed E-state index contributed by atoms with van der Waals surface area (Å²) in [5, 5.41) is 1.24. The molecule has 0 spiro atoms. The Bertz CT molecular complexity index is 699. The Morgan fingerprint density at radius 1 is 1.12 bits per heavy atom. The highest BCUT2D eigenvalue weighted by atomic mass is 79.9. The highest BCUT2D eigenvalue weighted by Crippen LogP contribution is 2.24. The van der Waals surface area contributed by atoms with Gasteiger partial charge >= 0.3 is 0 Å². The van der Waals surface area contributed by atoms with Gasteiger partial charge in [-0.05, 0) is 60.0 Å². The highest BCUT2D eigenvalue weighted by Gasteiger charge is 2.27. The molecule has 0 aromatic carbocycles. The molecular weight excluding hydrogens is 378 g/mol. The van der Waals surface area contributed by atoms with Crippen LogP contribution in [-0.4, -0.2) is 76.5 Å². The minimum absolute atomic E-state index is 0.786. The molecule has 2 aliphatic rings. The Kier molecular flexibility index (Phi) is 5.41. The number of nitrogens with one attached hydrogen (secondary N) is 1. The fourth-order valence-electron chi connectivity index (χ4n) is 4.29. The van der Waals surface area contributed by atoms with E-state index in [9.17, 15) is 0 Å². The van der Waals surface area contributed by atoms with Gasteiger partial charge in [-0.3, -0.25) is 9.80 Å². The number of nitrogens with zero attached hydrogens (tertiary/aromatic N) is 4. The molecule has 2 fully saturated rings. The molecule has 4 heterocycles. The predicted octanol–water partition coefficient (Wildman–Crippen LogP) is 2.93. The zero-order chi connectivity index (χ0) is 17.2. The summed E-state index contributed by atoms with van der Waals surface area (Å²) in [7, 11) is 0. The molecule has 1 N–H and O–H groups in total. The van der Waals surface area contributed by atoms with E-state index in [-0.39, 0.29) is 0 Å². The number of hydrogen-bond donors (Lipinski definition) is 1. The van der Waals surface area contributed by atoms with Crippen molar-refractivity contribution in [1.82, 2.24) is 24.7 Å². The lowest BCUT2D eigenvalue weighted by atomic mass is 10.0. The summed E-state index contributed by atoms with van der Waals surface area (Å²) < 4.78 is 1.05. The third kappa shape index (κ3) is 3.92. The van der Waals surface area contributed by atoms with Crippen molar-refractivity contribution in [3.05, 3.63) is 28.5 Å². The molecule has 5 nitrogen and oxygen atoms in total. The Balaban J connectivity index is 1.32. The SMILES string of the molecule is CCN1CCN(C2CCN(Cc3c[nH]c4ncc(Br)cc34)CC2)CC1. The first-order valence-electron chi connectivity index (χ1n) is 9.53. The van der Waals surface area contributed by atoms with Gasteiger partial charge < -0.3 is 9.88 Å². The van der Waals surface area contributed by atoms with Crippen molar-refractivity contribution in [3.8, 4) is 0 Å². The second-order valence-electron chi connectivity index (χ2n) is 7.34. The molecule has 0 unspecified atom stereocenters. The lowest BCUT2D eigenvalue weighted by molar-refractivity contribution is 0.0594. The minimum Gasteiger partial charge on any atom is -0.346 e. The maximum absolute atomic E-state index is 4.45. The molecule has 25 heavy (non-hydrogen) atoms. The fourth-order valence-corrected chi connectivity index (χ4v) is 4.62. The summed E-state index contributed by atoms with van der Waals surface area (Å²) in [6.45, 7) is 11.9. The molecule has 4 rings (SSSR count). The predicted molar refractivity (Wildman–Crippen MR) is 106 cm³/mol. The van der Waals surface area contributed by atoms with Gasteiger partial charge in [0.15, 0.2) is 0 Å². The third-order valence-corrected chi connectivity index (χ3v) is 6.34. The van der Waals surface area contributed by atoms with Gasteiger partial charge in [0.25, 0.3) is 0 Å². The number of aromatic amines is 1. The number of likely N-dealkylation sites (N-methyl/N-ethyl adjacent to an activating group) is 1. The molecule has 0 aliphatic carbocycles. The van der Waals surface area contributed by atoms with Gasteiger partial charge in [0.2, 0.25) is 0 Å². The summed E-state index contributed by atoms with van der Waals surface area (Å²) in [6, 6.07) is 2.96. The Morgan fingerprint density at radius 2 is 1.88 bits per heavy atom. The molecule has 0 bridgehead atoms. The van der Waals surface area contributed by atoms with E-state index in [1.165, 1.54) is 69.6 Å². The van der Waals surface area contributed by atoms with Crippen LogP contribution in [0.2, 0.25) is 0 Å². The molecule has 2 aromatic rings.